The fraction of sp³-hybridized carbons (Fsp3) is 0.615. The van der Waals surface area contributed by atoms with E-state index < -0.39 is 11.4 Å². The molecular formula is C13H20BrNO2S. The average Bonchev–Trinajstić information content (AvgIpc) is 2.69. The van der Waals surface area contributed by atoms with Crippen LogP contribution >= 0.6 is 27.3 Å². The van der Waals surface area contributed by atoms with Crippen molar-refractivity contribution in [3.8, 4) is 0 Å². The van der Waals surface area contributed by atoms with Crippen molar-refractivity contribution in [2.24, 2.45) is 5.41 Å². The molecular weight excluding hydrogens is 314 g/mol. The van der Waals surface area contributed by atoms with Gasteiger partial charge in [0.15, 0.2) is 0 Å². The predicted molar refractivity (Wildman–Crippen MR) is 79.3 cm³/mol. The van der Waals surface area contributed by atoms with Crippen LogP contribution in [0, 0.1) is 5.41 Å². The van der Waals surface area contributed by atoms with Crippen molar-refractivity contribution in [3.63, 3.8) is 0 Å². The highest BCUT2D eigenvalue weighted by atomic mass is 79.9. The van der Waals surface area contributed by atoms with Crippen LogP contribution in [-0.2, 0) is 11.2 Å². The van der Waals surface area contributed by atoms with E-state index in [1.807, 2.05) is 7.05 Å². The van der Waals surface area contributed by atoms with Gasteiger partial charge in [0.1, 0.15) is 0 Å². The molecule has 0 radical (unpaired) electrons. The highest BCUT2D eigenvalue weighted by Gasteiger charge is 2.26. The molecule has 1 aromatic heterocycles. The van der Waals surface area contributed by atoms with Gasteiger partial charge in [0, 0.05) is 21.3 Å². The van der Waals surface area contributed by atoms with Gasteiger partial charge in [0.05, 0.1) is 5.41 Å². The number of halogens is 1. The van der Waals surface area contributed by atoms with Gasteiger partial charge in [0.25, 0.3) is 0 Å². The molecule has 3 nitrogen and oxygen atoms in total. The predicted octanol–water partition coefficient (Wildman–Crippen LogP) is 3.49. The number of thiophene rings is 1. The average molecular weight is 334 g/mol. The number of rotatable bonds is 7. The Hall–Kier alpha value is -0.390. The lowest BCUT2D eigenvalue weighted by Crippen LogP contribution is -2.31. The highest BCUT2D eigenvalue weighted by molar-refractivity contribution is 9.10. The minimum Gasteiger partial charge on any atom is -0.481 e. The molecule has 0 aliphatic rings. The van der Waals surface area contributed by atoms with Gasteiger partial charge in [-0.3, -0.25) is 4.79 Å². The molecule has 0 fully saturated rings. The van der Waals surface area contributed by atoms with E-state index in [1.54, 1.807) is 25.2 Å². The molecule has 0 aliphatic carbocycles. The molecule has 18 heavy (non-hydrogen) atoms. The molecule has 0 saturated heterocycles. The molecule has 1 N–H and O–H groups in total. The van der Waals surface area contributed by atoms with Gasteiger partial charge in [0.2, 0.25) is 0 Å². The second kappa shape index (κ2) is 6.68. The van der Waals surface area contributed by atoms with E-state index >= 15 is 0 Å². The summed E-state index contributed by atoms with van der Waals surface area (Å²) in [5, 5.41) is 11.1. The summed E-state index contributed by atoms with van der Waals surface area (Å²) >= 11 is 5.20. The summed E-state index contributed by atoms with van der Waals surface area (Å²) < 4.78 is 1.14. The number of aliphatic carboxylic acids is 1. The smallest absolute Gasteiger partial charge is 0.309 e. The van der Waals surface area contributed by atoms with Crippen LogP contribution in [-0.4, -0.2) is 36.1 Å². The third-order valence-corrected chi connectivity index (χ3v) is 4.82. The van der Waals surface area contributed by atoms with Gasteiger partial charge in [-0.1, -0.05) is 0 Å². The van der Waals surface area contributed by atoms with E-state index in [4.69, 9.17) is 5.11 Å². The lowest BCUT2D eigenvalue weighted by molar-refractivity contribution is -0.147. The van der Waals surface area contributed by atoms with Crippen LogP contribution in [0.3, 0.4) is 0 Å². The largest absolute Gasteiger partial charge is 0.481 e. The number of likely N-dealkylation sites (N-methyl/N-ethyl adjacent to an activating group) is 1. The Morgan fingerprint density at radius 2 is 2.17 bits per heavy atom. The van der Waals surface area contributed by atoms with Gasteiger partial charge >= 0.3 is 5.97 Å². The van der Waals surface area contributed by atoms with Gasteiger partial charge < -0.3 is 10.0 Å². The Kier molecular flexibility index (Phi) is 5.82. The van der Waals surface area contributed by atoms with Gasteiger partial charge in [-0.2, -0.15) is 0 Å². The van der Waals surface area contributed by atoms with Crippen molar-refractivity contribution in [1.29, 1.82) is 0 Å². The third kappa shape index (κ3) is 5.08. The first-order chi connectivity index (χ1) is 8.31. The molecule has 1 heterocycles. The maximum absolute atomic E-state index is 11.0. The van der Waals surface area contributed by atoms with Crippen molar-refractivity contribution in [2.45, 2.75) is 26.7 Å². The van der Waals surface area contributed by atoms with E-state index in [2.05, 4.69) is 32.3 Å². The number of carbonyl (C=O) groups is 1. The summed E-state index contributed by atoms with van der Waals surface area (Å²) in [6, 6.07) is 2.14. The minimum atomic E-state index is -0.724. The molecule has 0 atom stereocenters. The summed E-state index contributed by atoms with van der Waals surface area (Å²) in [4.78, 5) is 14.5. The summed E-state index contributed by atoms with van der Waals surface area (Å²) in [7, 11) is 2.04. The lowest BCUT2D eigenvalue weighted by atomic mass is 9.89. The van der Waals surface area contributed by atoms with Crippen LogP contribution in [0.5, 0.6) is 0 Å². The van der Waals surface area contributed by atoms with Crippen molar-refractivity contribution in [3.05, 3.63) is 20.8 Å². The summed E-state index contributed by atoms with van der Waals surface area (Å²) in [6.07, 6.45) is 1.69. The molecule has 0 bridgehead atoms. The van der Waals surface area contributed by atoms with Crippen LogP contribution in [0.1, 0.15) is 25.1 Å². The maximum atomic E-state index is 11.0. The number of nitrogens with zero attached hydrogens (tertiary/aromatic N) is 1. The monoisotopic (exact) mass is 333 g/mol. The Morgan fingerprint density at radius 1 is 1.50 bits per heavy atom. The van der Waals surface area contributed by atoms with E-state index in [9.17, 15) is 4.79 Å². The maximum Gasteiger partial charge on any atom is 0.309 e. The topological polar surface area (TPSA) is 40.5 Å². The molecule has 0 aromatic carbocycles. The van der Waals surface area contributed by atoms with Crippen molar-refractivity contribution >= 4 is 33.2 Å². The van der Waals surface area contributed by atoms with Crippen molar-refractivity contribution < 1.29 is 9.90 Å². The summed E-state index contributed by atoms with van der Waals surface area (Å²) in [6.45, 7) is 5.33. The quantitative estimate of drug-likeness (QED) is 0.830. The molecule has 0 unspecified atom stereocenters. The Morgan fingerprint density at radius 3 is 2.67 bits per heavy atom. The molecule has 102 valence electrons. The second-order valence-corrected chi connectivity index (χ2v) is 7.14. The summed E-state index contributed by atoms with van der Waals surface area (Å²) in [5.41, 5.74) is -0.639. The van der Waals surface area contributed by atoms with E-state index in [1.165, 1.54) is 4.88 Å². The van der Waals surface area contributed by atoms with Crippen LogP contribution in [0.15, 0.2) is 15.9 Å². The normalized spacial score (nSPS) is 12.1. The number of carboxylic acids is 1. The zero-order valence-electron chi connectivity index (χ0n) is 11.1. The van der Waals surface area contributed by atoms with Gasteiger partial charge in [-0.25, -0.2) is 0 Å². The van der Waals surface area contributed by atoms with Gasteiger partial charge in [-0.05, 0) is 62.3 Å². The number of carboxylic acid groups (broad SMARTS) is 1. The molecule has 0 aliphatic heterocycles. The van der Waals surface area contributed by atoms with Crippen LogP contribution in [0.25, 0.3) is 0 Å². The van der Waals surface area contributed by atoms with Crippen LogP contribution in [0.4, 0.5) is 0 Å². The first kappa shape index (κ1) is 15.7. The van der Waals surface area contributed by atoms with Gasteiger partial charge in [-0.15, -0.1) is 11.3 Å². The third-order valence-electron chi connectivity index (χ3n) is 3.06. The second-order valence-electron chi connectivity index (χ2n) is 5.22. The van der Waals surface area contributed by atoms with E-state index in [-0.39, 0.29) is 0 Å². The number of hydrogen-bond acceptors (Lipinski definition) is 3. The van der Waals surface area contributed by atoms with Crippen LogP contribution in [0.2, 0.25) is 0 Å². The lowest BCUT2D eigenvalue weighted by Gasteiger charge is -2.23. The SMILES string of the molecule is CN(CCc1cc(Br)cs1)CCC(C)(C)C(=O)O. The minimum absolute atomic E-state index is 0.639. The first-order valence-electron chi connectivity index (χ1n) is 5.96. The van der Waals surface area contributed by atoms with Crippen LogP contribution < -0.4 is 0 Å². The Bertz CT molecular complexity index is 403. The number of hydrogen-bond donors (Lipinski definition) is 1. The zero-order chi connectivity index (χ0) is 13.8. The molecule has 0 saturated carbocycles. The molecule has 1 rings (SSSR count). The summed E-state index contributed by atoms with van der Waals surface area (Å²) in [5.74, 6) is -0.724. The molecule has 1 aromatic rings. The zero-order valence-corrected chi connectivity index (χ0v) is 13.5. The molecule has 5 heteroatoms. The first-order valence-corrected chi connectivity index (χ1v) is 7.63. The van der Waals surface area contributed by atoms with Crippen molar-refractivity contribution in [1.82, 2.24) is 4.90 Å². The van der Waals surface area contributed by atoms with Crippen molar-refractivity contribution in [2.75, 3.05) is 20.1 Å². The van der Waals surface area contributed by atoms with E-state index in [0.29, 0.717) is 6.42 Å². The highest BCUT2D eigenvalue weighted by Crippen LogP contribution is 2.22. The fourth-order valence-corrected chi connectivity index (χ4v) is 2.92. The Labute approximate surface area is 121 Å². The fourth-order valence-electron chi connectivity index (χ4n) is 1.48. The molecule has 0 amide bonds. The Balaban J connectivity index is 2.30. The standard InChI is InChI=1S/C13H20BrNO2S/c1-13(2,12(16)17)5-7-15(3)6-4-11-8-10(14)9-18-11/h8-9H,4-7H2,1-3H3,(H,16,17). The molecule has 0 spiro atoms. The van der Waals surface area contributed by atoms with E-state index in [0.717, 1.165) is 24.0 Å².